The molecule has 1 saturated heterocycles. The molecule has 1 amide bonds. The number of likely N-dealkylation sites (N-methyl/N-ethyl adjacent to an activating group) is 1. The first-order valence-corrected chi connectivity index (χ1v) is 7.71. The minimum Gasteiger partial charge on any atom is -0.394 e. The monoisotopic (exact) mass is 495 g/mol. The number of aliphatic hydroxyl groups excluding tert-OH is 1. The number of rotatable bonds is 4. The number of nitrogens with one attached hydrogen (secondary N) is 1. The van der Waals surface area contributed by atoms with Crippen molar-refractivity contribution in [2.75, 3.05) is 33.7 Å². The van der Waals surface area contributed by atoms with E-state index in [1.54, 1.807) is 0 Å². The number of aliphatic hydroxyl groups is 1. The maximum Gasteiger partial charge on any atom is 0.262 e. The Morgan fingerprint density at radius 1 is 1.63 bits per heavy atom. The number of carbonyl (C=O) groups is 1. The molecule has 0 aliphatic carbocycles. The molecule has 0 aromatic carbocycles. The quantitative estimate of drug-likeness (QED) is 0.197. The van der Waals surface area contributed by atoms with Crippen LogP contribution in [0.4, 0.5) is 0 Å². The van der Waals surface area contributed by atoms with E-state index in [0.717, 1.165) is 0 Å². The van der Waals surface area contributed by atoms with Crippen molar-refractivity contribution in [3.63, 3.8) is 0 Å². The van der Waals surface area contributed by atoms with Crippen LogP contribution in [0.1, 0.15) is 0 Å². The van der Waals surface area contributed by atoms with Crippen molar-refractivity contribution < 1.29 is 14.6 Å². The Labute approximate surface area is 138 Å². The van der Waals surface area contributed by atoms with Gasteiger partial charge in [0.05, 0.1) is 19.9 Å². The van der Waals surface area contributed by atoms with E-state index >= 15 is 0 Å². The van der Waals surface area contributed by atoms with Crippen molar-refractivity contribution >= 4 is 57.0 Å². The van der Waals surface area contributed by atoms with Crippen molar-refractivity contribution in [1.82, 2.24) is 15.1 Å². The van der Waals surface area contributed by atoms with Gasteiger partial charge in [0.2, 0.25) is 7.22 Å². The summed E-state index contributed by atoms with van der Waals surface area (Å²) < 4.78 is 3.66. The maximum atomic E-state index is 12.3. The first-order chi connectivity index (χ1) is 8.86. The Hall–Kier alpha value is 0.240. The largest absolute Gasteiger partial charge is 0.394 e. The Kier molecular flexibility index (Phi) is 4.57. The van der Waals surface area contributed by atoms with Crippen LogP contribution in [-0.4, -0.2) is 67.6 Å². The molecule has 10 heteroatoms. The number of carbonyl (C=O) groups excluding carboxylic acids is 1. The molecule has 4 N–H and O–H groups in total. The third kappa shape index (κ3) is 2.35. The van der Waals surface area contributed by atoms with E-state index in [2.05, 4.69) is 55.5 Å². The first kappa shape index (κ1) is 15.6. The topological polar surface area (TPSA) is 103 Å². The summed E-state index contributed by atoms with van der Waals surface area (Å²) in [6.07, 6.45) is 0. The molecule has 0 saturated carbocycles. The van der Waals surface area contributed by atoms with Crippen LogP contribution in [0.3, 0.4) is 0 Å². The molecule has 0 aromatic rings. The zero-order valence-electron chi connectivity index (χ0n) is 10.3. The molecule has 19 heavy (non-hydrogen) atoms. The minimum atomic E-state index is -0.850. The van der Waals surface area contributed by atoms with Gasteiger partial charge >= 0.3 is 0 Å². The molecule has 0 spiro atoms. The van der Waals surface area contributed by atoms with Gasteiger partial charge in [-0.3, -0.25) is 15.0 Å². The number of nitrogens with two attached hydrogens (primary N) is 1. The molecule has 0 aromatic heterocycles. The van der Waals surface area contributed by atoms with Gasteiger partial charge in [-0.2, -0.15) is 0 Å². The van der Waals surface area contributed by atoms with E-state index in [9.17, 15) is 4.79 Å². The number of halogens is 2. The predicted octanol–water partition coefficient (Wildman–Crippen LogP) is -1.18. The zero-order chi connectivity index (χ0) is 14.3. The van der Waals surface area contributed by atoms with Crippen LogP contribution in [0.25, 0.3) is 0 Å². The number of hydrogen-bond acceptors (Lipinski definition) is 7. The van der Waals surface area contributed by atoms with Crippen molar-refractivity contribution in [3.8, 4) is 0 Å². The summed E-state index contributed by atoms with van der Waals surface area (Å²) in [5.41, 5.74) is 5.67. The molecule has 2 unspecified atom stereocenters. The Balaban J connectivity index is 2.30. The molecule has 2 atom stereocenters. The summed E-state index contributed by atoms with van der Waals surface area (Å²) in [5.74, 6) is -0.0868. The summed E-state index contributed by atoms with van der Waals surface area (Å²) in [6.45, 7) is 0.982. The van der Waals surface area contributed by atoms with Gasteiger partial charge in [-0.15, -0.1) is 0 Å². The number of guanidine groups is 1. The lowest BCUT2D eigenvalue weighted by molar-refractivity contribution is -0.125. The summed E-state index contributed by atoms with van der Waals surface area (Å²) >= 11 is 4.22. The van der Waals surface area contributed by atoms with Crippen LogP contribution in [-0.2, 0) is 9.53 Å². The van der Waals surface area contributed by atoms with Gasteiger partial charge in [0.1, 0.15) is 6.73 Å². The van der Waals surface area contributed by atoms with Crippen LogP contribution in [0.15, 0.2) is 4.99 Å². The van der Waals surface area contributed by atoms with Crippen molar-refractivity contribution in [1.29, 1.82) is 0 Å². The Morgan fingerprint density at radius 2 is 2.32 bits per heavy atom. The molecule has 2 aliphatic rings. The van der Waals surface area contributed by atoms with E-state index < -0.39 is 7.22 Å². The van der Waals surface area contributed by atoms with E-state index in [-0.39, 0.29) is 31.8 Å². The summed E-state index contributed by atoms with van der Waals surface area (Å²) in [4.78, 5) is 20.5. The summed E-state index contributed by atoms with van der Waals surface area (Å²) in [6, 6.07) is 0. The molecule has 2 aliphatic heterocycles. The molecule has 2 rings (SSSR count). The Morgan fingerprint density at radius 3 is 2.95 bits per heavy atom. The fourth-order valence-corrected chi connectivity index (χ4v) is 4.07. The van der Waals surface area contributed by atoms with Crippen LogP contribution in [0, 0.1) is 0 Å². The van der Waals surface area contributed by atoms with E-state index in [4.69, 9.17) is 15.6 Å². The second-order valence-electron chi connectivity index (χ2n) is 4.30. The molecule has 2 heterocycles. The number of nitrogens with zero attached hydrogens (tertiary/aromatic N) is 3. The Bertz CT molecular complexity index is 423. The third-order valence-corrected chi connectivity index (χ3v) is 7.84. The fraction of sp³-hybridized carbons (Fsp3) is 0.778. The van der Waals surface area contributed by atoms with Crippen LogP contribution < -0.4 is 11.1 Å². The highest BCUT2D eigenvalue weighted by Gasteiger charge is 2.67. The SMILES string of the molecule is CN1CN(COCCO)C2(I)N=C(N)NC(=O)C12I. The van der Waals surface area contributed by atoms with Gasteiger partial charge in [-0.1, -0.05) is 0 Å². The summed E-state index contributed by atoms with van der Waals surface area (Å²) in [5, 5.41) is 11.3. The van der Waals surface area contributed by atoms with Crippen LogP contribution in [0.2, 0.25) is 0 Å². The number of alkyl halides is 2. The second kappa shape index (κ2) is 5.55. The predicted molar refractivity (Wildman–Crippen MR) is 85.6 cm³/mol. The van der Waals surface area contributed by atoms with Gasteiger partial charge < -0.3 is 15.6 Å². The molecule has 1 fully saturated rings. The summed E-state index contributed by atoms with van der Waals surface area (Å²) in [7, 11) is 1.85. The number of ether oxygens (including phenoxy) is 1. The first-order valence-electron chi connectivity index (χ1n) is 5.55. The highest BCUT2D eigenvalue weighted by atomic mass is 127. The lowest BCUT2D eigenvalue weighted by atomic mass is 10.2. The number of aliphatic imine (C=N–C) groups is 1. The number of hydrogen-bond donors (Lipinski definition) is 3. The lowest BCUT2D eigenvalue weighted by Gasteiger charge is -2.41. The van der Waals surface area contributed by atoms with Crippen molar-refractivity contribution in [2.24, 2.45) is 10.7 Å². The maximum absolute atomic E-state index is 12.3. The van der Waals surface area contributed by atoms with Crippen molar-refractivity contribution in [3.05, 3.63) is 0 Å². The minimum absolute atomic E-state index is 0.0425. The molecular formula is C9H15I2N5O3. The normalized spacial score (nSPS) is 36.0. The van der Waals surface area contributed by atoms with Crippen LogP contribution in [0.5, 0.6) is 0 Å². The average Bonchev–Trinajstić information content (AvgIpc) is 2.52. The van der Waals surface area contributed by atoms with Gasteiger partial charge in [-0.25, -0.2) is 9.89 Å². The van der Waals surface area contributed by atoms with Crippen molar-refractivity contribution in [2.45, 2.75) is 7.22 Å². The lowest BCUT2D eigenvalue weighted by Crippen LogP contribution is -2.66. The molecule has 0 radical (unpaired) electrons. The highest BCUT2D eigenvalue weighted by molar-refractivity contribution is 14.1. The smallest absolute Gasteiger partial charge is 0.262 e. The van der Waals surface area contributed by atoms with E-state index in [1.807, 2.05) is 16.8 Å². The third-order valence-electron chi connectivity index (χ3n) is 3.04. The van der Waals surface area contributed by atoms with Gasteiger partial charge in [-0.05, 0) is 52.2 Å². The van der Waals surface area contributed by atoms with E-state index in [0.29, 0.717) is 6.67 Å². The number of fused-ring (bicyclic) bond motifs is 1. The van der Waals surface area contributed by atoms with Gasteiger partial charge in [0, 0.05) is 0 Å². The molecular weight excluding hydrogens is 480 g/mol. The fourth-order valence-electron chi connectivity index (χ4n) is 2.11. The second-order valence-corrected chi connectivity index (χ2v) is 7.37. The average molecular weight is 495 g/mol. The highest BCUT2D eigenvalue weighted by Crippen LogP contribution is 2.51. The molecule has 108 valence electrons. The van der Waals surface area contributed by atoms with Crippen LogP contribution >= 0.6 is 45.2 Å². The molecule has 0 bridgehead atoms. The van der Waals surface area contributed by atoms with Gasteiger partial charge in [0.15, 0.2) is 5.96 Å². The van der Waals surface area contributed by atoms with E-state index in [1.165, 1.54) is 0 Å². The standard InChI is InChI=1S/C9H15I2N5O3/c1-15-4-16(5-19-3-2-17)9(11)8(15,10)6(18)13-7(12)14-9/h17H,2-5H2,1H3,(H3,12,13,14,18). The molecule has 8 nitrogen and oxygen atoms in total. The van der Waals surface area contributed by atoms with Gasteiger partial charge in [0.25, 0.3) is 5.91 Å². The zero-order valence-corrected chi connectivity index (χ0v) is 14.6. The number of amides is 1.